The van der Waals surface area contributed by atoms with Gasteiger partial charge in [0, 0.05) is 18.7 Å². The molecular weight excluding hydrogens is 290 g/mol. The fourth-order valence-electron chi connectivity index (χ4n) is 3.00. The van der Waals surface area contributed by atoms with E-state index in [-0.39, 0.29) is 18.4 Å². The Labute approximate surface area is 138 Å². The van der Waals surface area contributed by atoms with E-state index in [1.807, 2.05) is 24.3 Å². The standard InChI is InChI=1S/C18H27N3O2/c19-16-8-6-14(7-9-16)10-11-20-18(23)13-21-17(22)12-15-4-2-1-3-5-15/h6-9,15H,1-5,10-13,19H2,(H,20,23)(H,21,22). The van der Waals surface area contributed by atoms with Gasteiger partial charge in [-0.3, -0.25) is 9.59 Å². The summed E-state index contributed by atoms with van der Waals surface area (Å²) in [5, 5.41) is 5.54. The molecule has 0 saturated heterocycles. The molecule has 0 radical (unpaired) electrons. The van der Waals surface area contributed by atoms with Crippen molar-refractivity contribution in [3.63, 3.8) is 0 Å². The lowest BCUT2D eigenvalue weighted by Gasteiger charge is -2.20. The average Bonchev–Trinajstić information content (AvgIpc) is 2.56. The molecule has 0 spiro atoms. The molecule has 126 valence electrons. The van der Waals surface area contributed by atoms with Crippen LogP contribution in [0.5, 0.6) is 0 Å². The number of hydrogen-bond acceptors (Lipinski definition) is 3. The first-order chi connectivity index (χ1) is 11.1. The molecule has 2 amide bonds. The number of benzene rings is 1. The van der Waals surface area contributed by atoms with Crippen molar-refractivity contribution in [2.45, 2.75) is 44.9 Å². The third-order valence-electron chi connectivity index (χ3n) is 4.36. The second-order valence-electron chi connectivity index (χ2n) is 6.33. The fraction of sp³-hybridized carbons (Fsp3) is 0.556. The number of carbonyl (C=O) groups excluding carboxylic acids is 2. The average molecular weight is 317 g/mol. The third kappa shape index (κ3) is 6.72. The predicted molar refractivity (Wildman–Crippen MR) is 91.8 cm³/mol. The number of carbonyl (C=O) groups is 2. The molecular formula is C18H27N3O2. The van der Waals surface area contributed by atoms with Gasteiger partial charge in [-0.05, 0) is 42.9 Å². The number of nitrogen functional groups attached to an aromatic ring is 1. The smallest absolute Gasteiger partial charge is 0.239 e. The lowest BCUT2D eigenvalue weighted by molar-refractivity contribution is -0.126. The highest BCUT2D eigenvalue weighted by Crippen LogP contribution is 2.25. The number of nitrogens with one attached hydrogen (secondary N) is 2. The molecule has 4 N–H and O–H groups in total. The second-order valence-corrected chi connectivity index (χ2v) is 6.33. The van der Waals surface area contributed by atoms with Crippen molar-refractivity contribution in [1.29, 1.82) is 0 Å². The summed E-state index contributed by atoms with van der Waals surface area (Å²) in [6, 6.07) is 7.60. The lowest BCUT2D eigenvalue weighted by atomic mass is 9.87. The Morgan fingerprint density at radius 1 is 1.00 bits per heavy atom. The zero-order valence-corrected chi connectivity index (χ0v) is 13.6. The van der Waals surface area contributed by atoms with E-state index in [1.165, 1.54) is 19.3 Å². The molecule has 0 heterocycles. The van der Waals surface area contributed by atoms with Crippen LogP contribution in [-0.2, 0) is 16.0 Å². The molecule has 1 fully saturated rings. The fourth-order valence-corrected chi connectivity index (χ4v) is 3.00. The van der Waals surface area contributed by atoms with Gasteiger partial charge < -0.3 is 16.4 Å². The Morgan fingerprint density at radius 2 is 1.70 bits per heavy atom. The van der Waals surface area contributed by atoms with E-state index in [9.17, 15) is 9.59 Å². The van der Waals surface area contributed by atoms with Crippen molar-refractivity contribution in [1.82, 2.24) is 10.6 Å². The van der Waals surface area contributed by atoms with Gasteiger partial charge in [0.15, 0.2) is 0 Å². The molecule has 0 unspecified atom stereocenters. The zero-order valence-electron chi connectivity index (χ0n) is 13.6. The van der Waals surface area contributed by atoms with Crippen molar-refractivity contribution in [3.8, 4) is 0 Å². The number of hydrogen-bond donors (Lipinski definition) is 3. The van der Waals surface area contributed by atoms with E-state index in [0.29, 0.717) is 18.9 Å². The first-order valence-electron chi connectivity index (χ1n) is 8.51. The van der Waals surface area contributed by atoms with Gasteiger partial charge in [-0.15, -0.1) is 0 Å². The van der Waals surface area contributed by atoms with Crippen LogP contribution in [0.1, 0.15) is 44.1 Å². The quantitative estimate of drug-likeness (QED) is 0.673. The number of anilines is 1. The minimum atomic E-state index is -0.141. The van der Waals surface area contributed by atoms with Crippen LogP contribution in [0.4, 0.5) is 5.69 Å². The van der Waals surface area contributed by atoms with Crippen LogP contribution in [-0.4, -0.2) is 24.9 Å². The minimum Gasteiger partial charge on any atom is -0.399 e. The van der Waals surface area contributed by atoms with Crippen LogP contribution in [0.25, 0.3) is 0 Å². The summed E-state index contributed by atoms with van der Waals surface area (Å²) in [5.74, 6) is 0.348. The molecule has 1 aliphatic rings. The highest BCUT2D eigenvalue weighted by molar-refractivity contribution is 5.84. The number of rotatable bonds is 7. The Balaban J connectivity index is 1.57. The number of nitrogens with two attached hydrogens (primary N) is 1. The van der Waals surface area contributed by atoms with Crippen molar-refractivity contribution in [2.24, 2.45) is 5.92 Å². The maximum Gasteiger partial charge on any atom is 0.239 e. The highest BCUT2D eigenvalue weighted by atomic mass is 16.2. The van der Waals surface area contributed by atoms with Crippen LogP contribution in [0, 0.1) is 5.92 Å². The van der Waals surface area contributed by atoms with Gasteiger partial charge in [-0.25, -0.2) is 0 Å². The summed E-state index contributed by atoms with van der Waals surface area (Å²) in [6.45, 7) is 0.620. The molecule has 5 heteroatoms. The van der Waals surface area contributed by atoms with E-state index in [2.05, 4.69) is 10.6 Å². The summed E-state index contributed by atoms with van der Waals surface area (Å²) in [7, 11) is 0. The lowest BCUT2D eigenvalue weighted by Crippen LogP contribution is -2.38. The van der Waals surface area contributed by atoms with Gasteiger partial charge in [-0.2, -0.15) is 0 Å². The topological polar surface area (TPSA) is 84.2 Å². The molecule has 1 aliphatic carbocycles. The molecule has 0 atom stereocenters. The van der Waals surface area contributed by atoms with Gasteiger partial charge in [0.1, 0.15) is 0 Å². The first-order valence-corrected chi connectivity index (χ1v) is 8.51. The zero-order chi connectivity index (χ0) is 16.5. The van der Waals surface area contributed by atoms with Crippen molar-refractivity contribution >= 4 is 17.5 Å². The SMILES string of the molecule is Nc1ccc(CCNC(=O)CNC(=O)CC2CCCCC2)cc1. The number of amides is 2. The van der Waals surface area contributed by atoms with Crippen molar-refractivity contribution in [2.75, 3.05) is 18.8 Å². The Morgan fingerprint density at radius 3 is 2.39 bits per heavy atom. The molecule has 0 aromatic heterocycles. The first kappa shape index (κ1) is 17.3. The minimum absolute atomic E-state index is 0.00872. The highest BCUT2D eigenvalue weighted by Gasteiger charge is 2.17. The summed E-state index contributed by atoms with van der Waals surface area (Å²) < 4.78 is 0. The van der Waals surface area contributed by atoms with Gasteiger partial charge in [0.2, 0.25) is 11.8 Å². The molecule has 1 saturated carbocycles. The van der Waals surface area contributed by atoms with Gasteiger partial charge in [-0.1, -0.05) is 31.4 Å². The van der Waals surface area contributed by atoms with Crippen LogP contribution >= 0.6 is 0 Å². The van der Waals surface area contributed by atoms with Crippen LogP contribution in [0.2, 0.25) is 0 Å². The van der Waals surface area contributed by atoms with Crippen molar-refractivity contribution in [3.05, 3.63) is 29.8 Å². The monoisotopic (exact) mass is 317 g/mol. The van der Waals surface area contributed by atoms with E-state index in [1.54, 1.807) is 0 Å². The molecule has 0 aliphatic heterocycles. The van der Waals surface area contributed by atoms with Crippen LogP contribution < -0.4 is 16.4 Å². The molecule has 23 heavy (non-hydrogen) atoms. The van der Waals surface area contributed by atoms with Gasteiger partial charge >= 0.3 is 0 Å². The molecule has 2 rings (SSSR count). The summed E-state index contributed by atoms with van der Waals surface area (Å²) in [5.41, 5.74) is 7.49. The van der Waals surface area contributed by atoms with Gasteiger partial charge in [0.25, 0.3) is 0 Å². The maximum atomic E-state index is 11.8. The van der Waals surface area contributed by atoms with E-state index < -0.39 is 0 Å². The Bertz CT molecular complexity index is 508. The predicted octanol–water partition coefficient (Wildman–Crippen LogP) is 2.01. The van der Waals surface area contributed by atoms with E-state index in [0.717, 1.165) is 30.5 Å². The molecule has 1 aromatic rings. The Kier molecular flexibility index (Phi) is 6.91. The molecule has 0 bridgehead atoms. The van der Waals surface area contributed by atoms with E-state index >= 15 is 0 Å². The second kappa shape index (κ2) is 9.18. The summed E-state index contributed by atoms with van der Waals surface area (Å²) in [6.07, 6.45) is 7.32. The summed E-state index contributed by atoms with van der Waals surface area (Å²) in [4.78, 5) is 23.6. The van der Waals surface area contributed by atoms with Gasteiger partial charge in [0.05, 0.1) is 6.54 Å². The maximum absolute atomic E-state index is 11.8. The van der Waals surface area contributed by atoms with Crippen LogP contribution in [0.15, 0.2) is 24.3 Å². The van der Waals surface area contributed by atoms with Crippen LogP contribution in [0.3, 0.4) is 0 Å². The molecule has 1 aromatic carbocycles. The third-order valence-corrected chi connectivity index (χ3v) is 4.36. The largest absolute Gasteiger partial charge is 0.399 e. The molecule has 5 nitrogen and oxygen atoms in total. The van der Waals surface area contributed by atoms with E-state index in [4.69, 9.17) is 5.73 Å². The van der Waals surface area contributed by atoms with Crippen molar-refractivity contribution < 1.29 is 9.59 Å². The Hall–Kier alpha value is -2.04. The summed E-state index contributed by atoms with van der Waals surface area (Å²) >= 11 is 0. The normalized spacial score (nSPS) is 15.1.